The number of hydrogen-bond donors (Lipinski definition) is 2. The molecule has 1 aliphatic heterocycles. The molecule has 2 fully saturated rings. The number of methoxy groups -OCH3 is 1. The van der Waals surface area contributed by atoms with Gasteiger partial charge in [0.05, 0.1) is 5.41 Å². The van der Waals surface area contributed by atoms with Gasteiger partial charge in [-0.1, -0.05) is 12.8 Å². The summed E-state index contributed by atoms with van der Waals surface area (Å²) < 4.78 is 5.18. The van der Waals surface area contributed by atoms with Gasteiger partial charge in [0.15, 0.2) is 0 Å². The van der Waals surface area contributed by atoms with E-state index < -0.39 is 0 Å². The number of nitrogens with one attached hydrogen (secondary N) is 2. The monoisotopic (exact) mass is 254 g/mol. The smallest absolute Gasteiger partial charge is 0.226 e. The standard InChI is InChI=1S/C14H26N2O2/c1-18-10-8-14(6-2-3-7-14)13(17)16-12-5-4-9-15-11-12/h12,15H,2-11H2,1H3,(H,16,17). The van der Waals surface area contributed by atoms with Gasteiger partial charge in [-0.05, 0) is 38.6 Å². The number of hydrogen-bond acceptors (Lipinski definition) is 3. The van der Waals surface area contributed by atoms with E-state index in [9.17, 15) is 4.79 Å². The summed E-state index contributed by atoms with van der Waals surface area (Å²) in [6.45, 7) is 2.70. The van der Waals surface area contributed by atoms with Crippen molar-refractivity contribution in [3.63, 3.8) is 0 Å². The highest BCUT2D eigenvalue weighted by atomic mass is 16.5. The van der Waals surface area contributed by atoms with Crippen LogP contribution in [0, 0.1) is 5.41 Å². The molecule has 1 saturated heterocycles. The second-order valence-corrected chi connectivity index (χ2v) is 5.75. The number of carbonyl (C=O) groups is 1. The minimum atomic E-state index is -0.145. The summed E-state index contributed by atoms with van der Waals surface area (Å²) in [7, 11) is 1.71. The molecule has 4 nitrogen and oxygen atoms in total. The Bertz CT molecular complexity index is 269. The van der Waals surface area contributed by atoms with Crippen molar-refractivity contribution in [2.75, 3.05) is 26.8 Å². The number of rotatable bonds is 5. The highest BCUT2D eigenvalue weighted by Gasteiger charge is 2.41. The van der Waals surface area contributed by atoms with Crippen molar-refractivity contribution in [1.29, 1.82) is 0 Å². The molecule has 1 aliphatic carbocycles. The predicted octanol–water partition coefficient (Wildman–Crippen LogP) is 1.45. The zero-order valence-corrected chi connectivity index (χ0v) is 11.5. The first-order valence-corrected chi connectivity index (χ1v) is 7.27. The van der Waals surface area contributed by atoms with E-state index in [0.717, 1.165) is 45.2 Å². The van der Waals surface area contributed by atoms with Crippen LogP contribution in [0.15, 0.2) is 0 Å². The second kappa shape index (κ2) is 6.53. The molecule has 0 aromatic rings. The van der Waals surface area contributed by atoms with Crippen LogP contribution in [0.4, 0.5) is 0 Å². The maximum atomic E-state index is 12.5. The third-order valence-corrected chi connectivity index (χ3v) is 4.46. The zero-order chi connectivity index (χ0) is 12.8. The van der Waals surface area contributed by atoms with Crippen LogP contribution in [0.1, 0.15) is 44.9 Å². The number of carbonyl (C=O) groups excluding carboxylic acids is 1. The lowest BCUT2D eigenvalue weighted by molar-refractivity contribution is -0.132. The van der Waals surface area contributed by atoms with Gasteiger partial charge in [0.2, 0.25) is 5.91 Å². The highest BCUT2D eigenvalue weighted by Crippen LogP contribution is 2.41. The maximum absolute atomic E-state index is 12.5. The van der Waals surface area contributed by atoms with E-state index in [4.69, 9.17) is 4.74 Å². The molecule has 0 bridgehead atoms. The van der Waals surface area contributed by atoms with Crippen molar-refractivity contribution < 1.29 is 9.53 Å². The highest BCUT2D eigenvalue weighted by molar-refractivity contribution is 5.83. The largest absolute Gasteiger partial charge is 0.385 e. The molecule has 2 aliphatic rings. The van der Waals surface area contributed by atoms with Crippen LogP contribution in [-0.4, -0.2) is 38.8 Å². The van der Waals surface area contributed by atoms with Gasteiger partial charge in [-0.2, -0.15) is 0 Å². The van der Waals surface area contributed by atoms with Crippen LogP contribution in [0.25, 0.3) is 0 Å². The fourth-order valence-corrected chi connectivity index (χ4v) is 3.25. The Labute approximate surface area is 110 Å². The summed E-state index contributed by atoms with van der Waals surface area (Å²) in [5, 5.41) is 6.60. The second-order valence-electron chi connectivity index (χ2n) is 5.75. The minimum absolute atomic E-state index is 0.145. The first kappa shape index (κ1) is 13.8. The molecular weight excluding hydrogens is 228 g/mol. The van der Waals surface area contributed by atoms with Crippen molar-refractivity contribution in [3.05, 3.63) is 0 Å². The average Bonchev–Trinajstić information content (AvgIpc) is 2.87. The van der Waals surface area contributed by atoms with Crippen LogP contribution >= 0.6 is 0 Å². The molecule has 2 rings (SSSR count). The zero-order valence-electron chi connectivity index (χ0n) is 11.5. The summed E-state index contributed by atoms with van der Waals surface area (Å²) >= 11 is 0. The normalized spacial score (nSPS) is 27.1. The van der Waals surface area contributed by atoms with Crippen LogP contribution in [0.5, 0.6) is 0 Å². The van der Waals surface area contributed by atoms with E-state index in [1.807, 2.05) is 0 Å². The molecule has 0 aromatic heterocycles. The summed E-state index contributed by atoms with van der Waals surface area (Å²) in [6, 6.07) is 0.325. The van der Waals surface area contributed by atoms with Gasteiger partial charge in [0, 0.05) is 26.3 Å². The Morgan fingerprint density at radius 1 is 1.39 bits per heavy atom. The molecule has 1 unspecified atom stereocenters. The fourth-order valence-electron chi connectivity index (χ4n) is 3.25. The van der Waals surface area contributed by atoms with Gasteiger partial charge >= 0.3 is 0 Å². The van der Waals surface area contributed by atoms with E-state index >= 15 is 0 Å². The predicted molar refractivity (Wildman–Crippen MR) is 71.4 cm³/mol. The Morgan fingerprint density at radius 3 is 2.78 bits per heavy atom. The Morgan fingerprint density at radius 2 is 2.17 bits per heavy atom. The first-order chi connectivity index (χ1) is 8.77. The Kier molecular flexibility index (Phi) is 5.01. The summed E-state index contributed by atoms with van der Waals surface area (Å²) in [6.07, 6.45) is 7.56. The van der Waals surface area contributed by atoms with Crippen molar-refractivity contribution in [2.45, 2.75) is 51.0 Å². The molecule has 0 spiro atoms. The molecule has 0 aromatic carbocycles. The van der Waals surface area contributed by atoms with Gasteiger partial charge < -0.3 is 15.4 Å². The van der Waals surface area contributed by atoms with Crippen molar-refractivity contribution in [1.82, 2.24) is 10.6 Å². The third-order valence-electron chi connectivity index (χ3n) is 4.46. The molecule has 2 N–H and O–H groups in total. The van der Waals surface area contributed by atoms with Crippen LogP contribution in [-0.2, 0) is 9.53 Å². The number of amides is 1. The molecule has 1 heterocycles. The molecule has 0 radical (unpaired) electrons. The first-order valence-electron chi connectivity index (χ1n) is 7.27. The van der Waals surface area contributed by atoms with Crippen molar-refractivity contribution in [3.8, 4) is 0 Å². The summed E-state index contributed by atoms with van der Waals surface area (Å²) in [5.74, 6) is 0.269. The van der Waals surface area contributed by atoms with Crippen LogP contribution in [0.2, 0.25) is 0 Å². The van der Waals surface area contributed by atoms with Gasteiger partial charge in [-0.25, -0.2) is 0 Å². The molecule has 1 atom stereocenters. The van der Waals surface area contributed by atoms with Crippen LogP contribution < -0.4 is 10.6 Å². The summed E-state index contributed by atoms with van der Waals surface area (Å²) in [5.41, 5.74) is -0.145. The lowest BCUT2D eigenvalue weighted by Crippen LogP contribution is -2.50. The average molecular weight is 254 g/mol. The third kappa shape index (κ3) is 3.23. The van der Waals surface area contributed by atoms with Gasteiger partial charge in [-0.3, -0.25) is 4.79 Å². The number of ether oxygens (including phenoxy) is 1. The molecule has 1 saturated carbocycles. The Hall–Kier alpha value is -0.610. The van der Waals surface area contributed by atoms with E-state index in [2.05, 4.69) is 10.6 Å². The molecule has 104 valence electrons. The number of piperidine rings is 1. The minimum Gasteiger partial charge on any atom is -0.385 e. The van der Waals surface area contributed by atoms with E-state index in [1.165, 1.54) is 12.8 Å². The maximum Gasteiger partial charge on any atom is 0.226 e. The van der Waals surface area contributed by atoms with Crippen molar-refractivity contribution in [2.24, 2.45) is 5.41 Å². The quantitative estimate of drug-likeness (QED) is 0.781. The molecule has 18 heavy (non-hydrogen) atoms. The van der Waals surface area contributed by atoms with E-state index in [1.54, 1.807) is 7.11 Å². The van der Waals surface area contributed by atoms with Crippen molar-refractivity contribution >= 4 is 5.91 Å². The Balaban J connectivity index is 1.90. The lowest BCUT2D eigenvalue weighted by Gasteiger charge is -2.31. The van der Waals surface area contributed by atoms with Crippen LogP contribution in [0.3, 0.4) is 0 Å². The van der Waals surface area contributed by atoms with Gasteiger partial charge in [0.1, 0.15) is 0 Å². The fraction of sp³-hybridized carbons (Fsp3) is 0.929. The topological polar surface area (TPSA) is 50.4 Å². The molecular formula is C14H26N2O2. The lowest BCUT2D eigenvalue weighted by atomic mass is 9.81. The van der Waals surface area contributed by atoms with Gasteiger partial charge in [-0.15, -0.1) is 0 Å². The van der Waals surface area contributed by atoms with E-state index in [-0.39, 0.29) is 11.3 Å². The van der Waals surface area contributed by atoms with E-state index in [0.29, 0.717) is 12.6 Å². The summed E-state index contributed by atoms with van der Waals surface area (Å²) in [4.78, 5) is 12.5. The molecule has 4 heteroatoms. The molecule has 1 amide bonds. The van der Waals surface area contributed by atoms with Gasteiger partial charge in [0.25, 0.3) is 0 Å². The SMILES string of the molecule is COCCC1(C(=O)NC2CCCNC2)CCCC1.